The van der Waals surface area contributed by atoms with Crippen LogP contribution in [0.1, 0.15) is 39.0 Å². The molecule has 1 rings (SSSR count). The largest absolute Gasteiger partial charge is 0.494 e. The van der Waals surface area contributed by atoms with E-state index in [9.17, 15) is 0 Å². The highest BCUT2D eigenvalue weighted by atomic mass is 32.1. The van der Waals surface area contributed by atoms with Gasteiger partial charge in [0.2, 0.25) is 0 Å². The van der Waals surface area contributed by atoms with Crippen molar-refractivity contribution in [1.82, 2.24) is 0 Å². The van der Waals surface area contributed by atoms with Gasteiger partial charge in [-0.1, -0.05) is 13.3 Å². The minimum absolute atomic E-state index is 0.0107. The van der Waals surface area contributed by atoms with Crippen LogP contribution in [0.15, 0.2) is 24.3 Å². The predicted octanol–water partition coefficient (Wildman–Crippen LogP) is 3.63. The normalized spacial score (nSPS) is 12.2. The molecule has 0 aliphatic rings. The maximum Gasteiger partial charge on any atom is 0.119 e. The van der Waals surface area contributed by atoms with Crippen LogP contribution in [0.25, 0.3) is 0 Å². The number of benzene rings is 1. The molecular formula is C15H25NO2S. The molecule has 0 amide bonds. The molecule has 0 saturated carbocycles. The number of ether oxygens (including phenoxy) is 2. The average molecular weight is 283 g/mol. The molecule has 0 aromatic heterocycles. The second-order valence-electron chi connectivity index (χ2n) is 4.59. The zero-order chi connectivity index (χ0) is 13.9. The molecule has 1 aromatic rings. The SMILES string of the molecule is CCCOc1ccc(OCCCCCC(N)S)cc1. The summed E-state index contributed by atoms with van der Waals surface area (Å²) in [5.74, 6) is 1.80. The molecule has 1 unspecified atom stereocenters. The third-order valence-corrected chi connectivity index (χ3v) is 2.97. The molecule has 0 radical (unpaired) electrons. The van der Waals surface area contributed by atoms with Crippen molar-refractivity contribution in [3.63, 3.8) is 0 Å². The lowest BCUT2D eigenvalue weighted by molar-refractivity contribution is 0.300. The lowest BCUT2D eigenvalue weighted by Gasteiger charge is -2.08. The Morgan fingerprint density at radius 3 is 2.11 bits per heavy atom. The Kier molecular flexibility index (Phi) is 8.50. The molecule has 19 heavy (non-hydrogen) atoms. The van der Waals surface area contributed by atoms with Gasteiger partial charge >= 0.3 is 0 Å². The van der Waals surface area contributed by atoms with Crippen LogP contribution in [-0.2, 0) is 0 Å². The first-order valence-electron chi connectivity index (χ1n) is 7.01. The van der Waals surface area contributed by atoms with E-state index in [0.29, 0.717) is 0 Å². The van der Waals surface area contributed by atoms with Gasteiger partial charge in [-0.25, -0.2) is 0 Å². The first-order valence-corrected chi connectivity index (χ1v) is 7.53. The maximum atomic E-state index is 5.67. The van der Waals surface area contributed by atoms with Crippen molar-refractivity contribution in [3.05, 3.63) is 24.3 Å². The van der Waals surface area contributed by atoms with E-state index in [4.69, 9.17) is 15.2 Å². The van der Waals surface area contributed by atoms with Gasteiger partial charge in [0.05, 0.1) is 13.2 Å². The molecule has 4 heteroatoms. The van der Waals surface area contributed by atoms with Gasteiger partial charge in [0.15, 0.2) is 0 Å². The highest BCUT2D eigenvalue weighted by Crippen LogP contribution is 2.18. The van der Waals surface area contributed by atoms with Crippen LogP contribution in [0.4, 0.5) is 0 Å². The van der Waals surface area contributed by atoms with Gasteiger partial charge in [0, 0.05) is 5.37 Å². The van der Waals surface area contributed by atoms with E-state index in [2.05, 4.69) is 19.6 Å². The number of rotatable bonds is 10. The summed E-state index contributed by atoms with van der Waals surface area (Å²) >= 11 is 4.15. The Morgan fingerprint density at radius 1 is 1.00 bits per heavy atom. The number of hydrogen-bond acceptors (Lipinski definition) is 4. The topological polar surface area (TPSA) is 44.5 Å². The summed E-state index contributed by atoms with van der Waals surface area (Å²) in [6.07, 6.45) is 5.28. The minimum Gasteiger partial charge on any atom is -0.494 e. The van der Waals surface area contributed by atoms with Crippen molar-refractivity contribution >= 4 is 12.6 Å². The van der Waals surface area contributed by atoms with E-state index in [1.807, 2.05) is 24.3 Å². The number of unbranched alkanes of at least 4 members (excludes halogenated alkanes) is 2. The smallest absolute Gasteiger partial charge is 0.119 e. The third kappa shape index (κ3) is 8.01. The van der Waals surface area contributed by atoms with Crippen molar-refractivity contribution < 1.29 is 9.47 Å². The van der Waals surface area contributed by atoms with Gasteiger partial charge in [-0.05, 0) is 49.9 Å². The van der Waals surface area contributed by atoms with Crippen LogP contribution in [0, 0.1) is 0 Å². The quantitative estimate of drug-likeness (QED) is 0.391. The Balaban J connectivity index is 2.12. The lowest BCUT2D eigenvalue weighted by Crippen LogP contribution is -2.11. The summed E-state index contributed by atoms with van der Waals surface area (Å²) in [4.78, 5) is 0. The van der Waals surface area contributed by atoms with Gasteiger partial charge in [-0.2, -0.15) is 12.6 Å². The Morgan fingerprint density at radius 2 is 1.58 bits per heavy atom. The first-order chi connectivity index (χ1) is 9.22. The van der Waals surface area contributed by atoms with E-state index in [1.165, 1.54) is 0 Å². The van der Waals surface area contributed by atoms with Crippen LogP contribution in [0.3, 0.4) is 0 Å². The first kappa shape index (κ1) is 16.2. The molecule has 0 heterocycles. The third-order valence-electron chi connectivity index (χ3n) is 2.71. The van der Waals surface area contributed by atoms with Crippen molar-refractivity contribution in [2.75, 3.05) is 13.2 Å². The van der Waals surface area contributed by atoms with Crippen molar-refractivity contribution in [3.8, 4) is 11.5 Å². The van der Waals surface area contributed by atoms with Crippen LogP contribution in [0.5, 0.6) is 11.5 Å². The van der Waals surface area contributed by atoms with Crippen molar-refractivity contribution in [1.29, 1.82) is 0 Å². The van der Waals surface area contributed by atoms with Gasteiger partial charge < -0.3 is 15.2 Å². The minimum atomic E-state index is 0.0107. The summed E-state index contributed by atoms with van der Waals surface area (Å²) in [5.41, 5.74) is 5.57. The highest BCUT2D eigenvalue weighted by Gasteiger charge is 1.98. The Bertz CT molecular complexity index is 327. The standard InChI is InChI=1S/C15H25NO2S/c1-2-11-17-13-7-9-14(10-8-13)18-12-5-3-4-6-15(16)19/h7-10,15,19H,2-6,11-12,16H2,1H3. The molecule has 3 nitrogen and oxygen atoms in total. The molecular weight excluding hydrogens is 258 g/mol. The fraction of sp³-hybridized carbons (Fsp3) is 0.600. The van der Waals surface area contributed by atoms with Gasteiger partial charge in [-0.3, -0.25) is 0 Å². The lowest BCUT2D eigenvalue weighted by atomic mass is 10.2. The predicted molar refractivity (Wildman–Crippen MR) is 83.2 cm³/mol. The molecule has 1 atom stereocenters. The van der Waals surface area contributed by atoms with E-state index >= 15 is 0 Å². The van der Waals surface area contributed by atoms with Gasteiger partial charge in [0.1, 0.15) is 11.5 Å². The Labute approximate surface area is 121 Å². The number of nitrogens with two attached hydrogens (primary N) is 1. The molecule has 0 saturated heterocycles. The van der Waals surface area contributed by atoms with E-state index in [0.717, 1.165) is 56.8 Å². The maximum absolute atomic E-state index is 5.67. The molecule has 0 aliphatic carbocycles. The van der Waals surface area contributed by atoms with Crippen molar-refractivity contribution in [2.24, 2.45) is 5.73 Å². The van der Waals surface area contributed by atoms with Gasteiger partial charge in [-0.15, -0.1) is 0 Å². The fourth-order valence-corrected chi connectivity index (χ4v) is 1.86. The van der Waals surface area contributed by atoms with Crippen LogP contribution < -0.4 is 15.2 Å². The zero-order valence-corrected chi connectivity index (χ0v) is 12.6. The molecule has 0 spiro atoms. The molecule has 1 aromatic carbocycles. The summed E-state index contributed by atoms with van der Waals surface area (Å²) in [5, 5.41) is 0.0107. The monoisotopic (exact) mass is 283 g/mol. The fourth-order valence-electron chi connectivity index (χ4n) is 1.67. The van der Waals surface area contributed by atoms with Gasteiger partial charge in [0.25, 0.3) is 0 Å². The molecule has 108 valence electrons. The highest BCUT2D eigenvalue weighted by molar-refractivity contribution is 7.80. The van der Waals surface area contributed by atoms with Crippen LogP contribution in [-0.4, -0.2) is 18.6 Å². The summed E-state index contributed by atoms with van der Waals surface area (Å²) in [7, 11) is 0. The molecule has 0 aliphatic heterocycles. The van der Waals surface area contributed by atoms with Crippen LogP contribution >= 0.6 is 12.6 Å². The van der Waals surface area contributed by atoms with Crippen LogP contribution in [0.2, 0.25) is 0 Å². The second kappa shape index (κ2) is 9.98. The van der Waals surface area contributed by atoms with E-state index in [-0.39, 0.29) is 5.37 Å². The second-order valence-corrected chi connectivity index (χ2v) is 5.25. The summed E-state index contributed by atoms with van der Waals surface area (Å²) in [6.45, 7) is 3.60. The zero-order valence-electron chi connectivity index (χ0n) is 11.7. The summed E-state index contributed by atoms with van der Waals surface area (Å²) in [6, 6.07) is 7.80. The van der Waals surface area contributed by atoms with E-state index < -0.39 is 0 Å². The Hall–Kier alpha value is -0.870. The average Bonchev–Trinajstić information content (AvgIpc) is 2.41. The summed E-state index contributed by atoms with van der Waals surface area (Å²) < 4.78 is 11.2. The number of thiol groups is 1. The number of hydrogen-bond donors (Lipinski definition) is 2. The van der Waals surface area contributed by atoms with E-state index in [1.54, 1.807) is 0 Å². The van der Waals surface area contributed by atoms with Crippen molar-refractivity contribution in [2.45, 2.75) is 44.4 Å². The molecule has 0 bridgehead atoms. The molecule has 2 N–H and O–H groups in total. The molecule has 0 fully saturated rings.